The highest BCUT2D eigenvalue weighted by atomic mass is 16.5. The molecule has 0 spiro atoms. The van der Waals surface area contributed by atoms with Gasteiger partial charge in [0.25, 0.3) is 0 Å². The van der Waals surface area contributed by atoms with Crippen LogP contribution in [0.15, 0.2) is 29.3 Å². The fourth-order valence-electron chi connectivity index (χ4n) is 4.35. The number of methoxy groups -OCH3 is 1. The summed E-state index contributed by atoms with van der Waals surface area (Å²) in [6.07, 6.45) is 1.18. The SMILES string of the molecule is CCNC(=NCC1CCN(c2cccc(OC)c2)C1)NC1CN(C(C)C)CC1C. The highest BCUT2D eigenvalue weighted by Crippen LogP contribution is 2.27. The molecule has 162 valence electrons. The van der Waals surface area contributed by atoms with Gasteiger partial charge in [0, 0.05) is 63.1 Å². The Kier molecular flexibility index (Phi) is 7.64. The molecule has 6 nitrogen and oxygen atoms in total. The van der Waals surface area contributed by atoms with E-state index in [1.54, 1.807) is 7.11 Å². The number of guanidine groups is 1. The Morgan fingerprint density at radius 3 is 2.79 bits per heavy atom. The molecule has 2 N–H and O–H groups in total. The molecule has 2 aliphatic rings. The summed E-state index contributed by atoms with van der Waals surface area (Å²) >= 11 is 0. The molecule has 3 rings (SSSR count). The van der Waals surface area contributed by atoms with Crippen molar-refractivity contribution < 1.29 is 4.74 Å². The number of nitrogens with zero attached hydrogens (tertiary/aromatic N) is 3. The van der Waals surface area contributed by atoms with E-state index in [4.69, 9.17) is 9.73 Å². The molecule has 0 aliphatic carbocycles. The van der Waals surface area contributed by atoms with E-state index in [0.717, 1.165) is 51.0 Å². The van der Waals surface area contributed by atoms with Crippen LogP contribution < -0.4 is 20.3 Å². The number of ether oxygens (including phenoxy) is 1. The molecule has 29 heavy (non-hydrogen) atoms. The Morgan fingerprint density at radius 1 is 1.28 bits per heavy atom. The predicted molar refractivity (Wildman–Crippen MR) is 122 cm³/mol. The van der Waals surface area contributed by atoms with Gasteiger partial charge < -0.3 is 20.3 Å². The second-order valence-corrected chi connectivity index (χ2v) is 8.80. The summed E-state index contributed by atoms with van der Waals surface area (Å²) in [5.41, 5.74) is 1.24. The van der Waals surface area contributed by atoms with E-state index in [-0.39, 0.29) is 0 Å². The second kappa shape index (κ2) is 10.2. The molecule has 1 aromatic rings. The molecule has 0 bridgehead atoms. The third kappa shape index (κ3) is 5.78. The van der Waals surface area contributed by atoms with Crippen LogP contribution in [-0.2, 0) is 0 Å². The number of aliphatic imine (C=N–C) groups is 1. The van der Waals surface area contributed by atoms with Crippen molar-refractivity contribution in [1.29, 1.82) is 0 Å². The average molecular weight is 402 g/mol. The van der Waals surface area contributed by atoms with E-state index in [9.17, 15) is 0 Å². The third-order valence-electron chi connectivity index (χ3n) is 6.25. The lowest BCUT2D eigenvalue weighted by Crippen LogP contribution is -2.47. The molecule has 2 heterocycles. The smallest absolute Gasteiger partial charge is 0.191 e. The fourth-order valence-corrected chi connectivity index (χ4v) is 4.35. The van der Waals surface area contributed by atoms with Gasteiger partial charge in [-0.05, 0) is 51.2 Å². The van der Waals surface area contributed by atoms with Crippen molar-refractivity contribution in [2.75, 3.05) is 51.3 Å². The van der Waals surface area contributed by atoms with Crippen molar-refractivity contribution in [2.24, 2.45) is 16.8 Å². The first-order chi connectivity index (χ1) is 14.0. The van der Waals surface area contributed by atoms with E-state index < -0.39 is 0 Å². The van der Waals surface area contributed by atoms with Gasteiger partial charge in [-0.3, -0.25) is 9.89 Å². The van der Waals surface area contributed by atoms with Crippen molar-refractivity contribution in [3.05, 3.63) is 24.3 Å². The molecule has 2 saturated heterocycles. The molecule has 0 amide bonds. The summed E-state index contributed by atoms with van der Waals surface area (Å²) in [7, 11) is 1.72. The summed E-state index contributed by atoms with van der Waals surface area (Å²) in [4.78, 5) is 9.95. The predicted octanol–water partition coefficient (Wildman–Crippen LogP) is 2.81. The van der Waals surface area contributed by atoms with E-state index in [1.165, 1.54) is 12.1 Å². The quantitative estimate of drug-likeness (QED) is 0.544. The van der Waals surface area contributed by atoms with Crippen LogP contribution in [0.3, 0.4) is 0 Å². The molecule has 0 aromatic heterocycles. The number of nitrogens with one attached hydrogen (secondary N) is 2. The van der Waals surface area contributed by atoms with Crippen LogP contribution in [0.4, 0.5) is 5.69 Å². The van der Waals surface area contributed by atoms with Crippen LogP contribution in [0.2, 0.25) is 0 Å². The van der Waals surface area contributed by atoms with Crippen LogP contribution in [0.5, 0.6) is 5.75 Å². The van der Waals surface area contributed by atoms with Gasteiger partial charge >= 0.3 is 0 Å². The molecular formula is C23H39N5O. The highest BCUT2D eigenvalue weighted by molar-refractivity contribution is 5.80. The van der Waals surface area contributed by atoms with Gasteiger partial charge in [-0.25, -0.2) is 0 Å². The maximum Gasteiger partial charge on any atom is 0.191 e. The fraction of sp³-hybridized carbons (Fsp3) is 0.696. The third-order valence-corrected chi connectivity index (χ3v) is 6.25. The second-order valence-electron chi connectivity index (χ2n) is 8.80. The van der Waals surface area contributed by atoms with Gasteiger partial charge in [0.15, 0.2) is 5.96 Å². The first-order valence-corrected chi connectivity index (χ1v) is 11.2. The molecule has 6 heteroatoms. The molecule has 0 saturated carbocycles. The minimum absolute atomic E-state index is 0.465. The van der Waals surface area contributed by atoms with Crippen LogP contribution in [0, 0.1) is 11.8 Å². The standard InChI is InChI=1S/C23H39N5O/c1-6-24-23(26-22-16-28(17(2)3)14-18(22)4)25-13-19-10-11-27(15-19)20-8-7-9-21(12-20)29-5/h7-9,12,17-19,22H,6,10-11,13-16H2,1-5H3,(H2,24,25,26). The number of hydrogen-bond acceptors (Lipinski definition) is 4. The Balaban J connectivity index is 1.55. The number of likely N-dealkylation sites (tertiary alicyclic amines) is 1. The van der Waals surface area contributed by atoms with Gasteiger partial charge in [0.2, 0.25) is 0 Å². The van der Waals surface area contributed by atoms with E-state index in [2.05, 4.69) is 66.3 Å². The van der Waals surface area contributed by atoms with Crippen LogP contribution in [-0.4, -0.2) is 69.3 Å². The van der Waals surface area contributed by atoms with Crippen molar-refractivity contribution in [2.45, 2.75) is 46.2 Å². The number of hydrogen-bond donors (Lipinski definition) is 2. The van der Waals surface area contributed by atoms with E-state index in [1.807, 2.05) is 6.07 Å². The first-order valence-electron chi connectivity index (χ1n) is 11.2. The minimum Gasteiger partial charge on any atom is -0.497 e. The van der Waals surface area contributed by atoms with Crippen molar-refractivity contribution in [3.63, 3.8) is 0 Å². The summed E-state index contributed by atoms with van der Waals surface area (Å²) < 4.78 is 5.37. The van der Waals surface area contributed by atoms with E-state index in [0.29, 0.717) is 23.9 Å². The van der Waals surface area contributed by atoms with Crippen molar-refractivity contribution in [3.8, 4) is 5.75 Å². The van der Waals surface area contributed by atoms with Gasteiger partial charge in [0.05, 0.1) is 7.11 Å². The molecule has 2 fully saturated rings. The minimum atomic E-state index is 0.465. The molecule has 1 aromatic carbocycles. The lowest BCUT2D eigenvalue weighted by molar-refractivity contribution is 0.265. The van der Waals surface area contributed by atoms with Gasteiger partial charge in [-0.2, -0.15) is 0 Å². The summed E-state index contributed by atoms with van der Waals surface area (Å²) in [5.74, 6) is 3.11. The molecule has 3 unspecified atom stereocenters. The van der Waals surface area contributed by atoms with Crippen molar-refractivity contribution in [1.82, 2.24) is 15.5 Å². The topological polar surface area (TPSA) is 52.1 Å². The Hall–Kier alpha value is -1.95. The normalized spacial score (nSPS) is 25.7. The lowest BCUT2D eigenvalue weighted by atomic mass is 10.1. The van der Waals surface area contributed by atoms with Gasteiger partial charge in [-0.1, -0.05) is 13.0 Å². The first kappa shape index (κ1) is 21.8. The lowest BCUT2D eigenvalue weighted by Gasteiger charge is -2.22. The Labute approximate surface area is 176 Å². The number of rotatable bonds is 7. The maximum atomic E-state index is 5.37. The molecule has 0 radical (unpaired) electrons. The Morgan fingerprint density at radius 2 is 2.10 bits per heavy atom. The summed E-state index contributed by atoms with van der Waals surface area (Å²) in [5, 5.41) is 7.15. The molecular weight excluding hydrogens is 362 g/mol. The van der Waals surface area contributed by atoms with Gasteiger partial charge in [-0.15, -0.1) is 0 Å². The number of benzene rings is 1. The summed E-state index contributed by atoms with van der Waals surface area (Å²) in [6.45, 7) is 15.2. The number of anilines is 1. The van der Waals surface area contributed by atoms with Gasteiger partial charge in [0.1, 0.15) is 5.75 Å². The molecule has 2 aliphatic heterocycles. The van der Waals surface area contributed by atoms with Crippen molar-refractivity contribution >= 4 is 11.6 Å². The zero-order valence-electron chi connectivity index (χ0n) is 18.8. The van der Waals surface area contributed by atoms with Crippen LogP contribution in [0.1, 0.15) is 34.1 Å². The monoisotopic (exact) mass is 401 g/mol. The molecule has 3 atom stereocenters. The van der Waals surface area contributed by atoms with E-state index >= 15 is 0 Å². The Bertz CT molecular complexity index is 677. The maximum absolute atomic E-state index is 5.37. The zero-order chi connectivity index (χ0) is 20.8. The summed E-state index contributed by atoms with van der Waals surface area (Å²) in [6, 6.07) is 9.42. The zero-order valence-corrected chi connectivity index (χ0v) is 18.8. The largest absolute Gasteiger partial charge is 0.497 e. The van der Waals surface area contributed by atoms with Crippen LogP contribution in [0.25, 0.3) is 0 Å². The van der Waals surface area contributed by atoms with Crippen LogP contribution >= 0.6 is 0 Å². The highest BCUT2D eigenvalue weighted by Gasteiger charge is 2.31. The average Bonchev–Trinajstić information content (AvgIpc) is 3.33.